The largest absolute Gasteiger partial charge is 0.488 e. The standard InChI is InChI=1S/C18H19N3O2/c1-21(2)17-14(7-5-9-19-17)11-20-18(22)15-10-13-6-3-4-8-16(13)23-12-15/h3-10H,11-12H2,1-2H3,(H,20,22). The molecule has 0 fully saturated rings. The Morgan fingerprint density at radius 3 is 2.91 bits per heavy atom. The van der Waals surface area contributed by atoms with E-state index < -0.39 is 0 Å². The van der Waals surface area contributed by atoms with Crippen molar-refractivity contribution in [2.24, 2.45) is 0 Å². The lowest BCUT2D eigenvalue weighted by Gasteiger charge is -2.19. The van der Waals surface area contributed by atoms with Crippen molar-refractivity contribution in [3.05, 3.63) is 59.3 Å². The van der Waals surface area contributed by atoms with E-state index in [4.69, 9.17) is 4.74 Å². The predicted octanol–water partition coefficient (Wildman–Crippen LogP) is 2.24. The number of nitrogens with zero attached hydrogens (tertiary/aromatic N) is 2. The molecule has 1 amide bonds. The van der Waals surface area contributed by atoms with Crippen LogP contribution in [0.5, 0.6) is 5.75 Å². The van der Waals surface area contributed by atoms with Crippen LogP contribution in [0.1, 0.15) is 11.1 Å². The Labute approximate surface area is 135 Å². The van der Waals surface area contributed by atoms with Gasteiger partial charge < -0.3 is 15.0 Å². The lowest BCUT2D eigenvalue weighted by molar-refractivity contribution is -0.117. The van der Waals surface area contributed by atoms with E-state index in [1.54, 1.807) is 6.20 Å². The summed E-state index contributed by atoms with van der Waals surface area (Å²) in [6, 6.07) is 11.5. The summed E-state index contributed by atoms with van der Waals surface area (Å²) >= 11 is 0. The van der Waals surface area contributed by atoms with Gasteiger partial charge >= 0.3 is 0 Å². The lowest BCUT2D eigenvalue weighted by atomic mass is 10.1. The second-order valence-corrected chi connectivity index (χ2v) is 5.56. The van der Waals surface area contributed by atoms with Gasteiger partial charge in [-0.1, -0.05) is 24.3 Å². The number of hydrogen-bond acceptors (Lipinski definition) is 4. The van der Waals surface area contributed by atoms with Crippen molar-refractivity contribution in [3.63, 3.8) is 0 Å². The Hall–Kier alpha value is -2.82. The maximum atomic E-state index is 12.4. The summed E-state index contributed by atoms with van der Waals surface area (Å²) in [5.74, 6) is 1.55. The molecule has 5 heteroatoms. The van der Waals surface area contributed by atoms with Gasteiger partial charge in [-0.3, -0.25) is 4.79 Å². The van der Waals surface area contributed by atoms with Crippen LogP contribution >= 0.6 is 0 Å². The predicted molar refractivity (Wildman–Crippen MR) is 90.3 cm³/mol. The van der Waals surface area contributed by atoms with Gasteiger partial charge in [0.1, 0.15) is 18.2 Å². The molecule has 1 aromatic heterocycles. The highest BCUT2D eigenvalue weighted by Gasteiger charge is 2.17. The van der Waals surface area contributed by atoms with Crippen LogP contribution < -0.4 is 15.0 Å². The third kappa shape index (κ3) is 3.34. The number of ether oxygens (including phenoxy) is 1. The van der Waals surface area contributed by atoms with E-state index in [0.717, 1.165) is 22.7 Å². The van der Waals surface area contributed by atoms with Crippen molar-refractivity contribution in [2.75, 3.05) is 25.6 Å². The molecule has 23 heavy (non-hydrogen) atoms. The second kappa shape index (κ2) is 6.52. The first-order chi connectivity index (χ1) is 11.1. The van der Waals surface area contributed by atoms with E-state index in [1.165, 1.54) is 0 Å². The Bertz CT molecular complexity index is 753. The molecule has 0 aliphatic carbocycles. The van der Waals surface area contributed by atoms with Gasteiger partial charge in [-0.2, -0.15) is 0 Å². The number of carbonyl (C=O) groups is 1. The minimum Gasteiger partial charge on any atom is -0.488 e. The minimum atomic E-state index is -0.118. The summed E-state index contributed by atoms with van der Waals surface area (Å²) in [6.45, 7) is 0.718. The number of anilines is 1. The number of aromatic nitrogens is 1. The third-order valence-electron chi connectivity index (χ3n) is 3.65. The topological polar surface area (TPSA) is 54.5 Å². The minimum absolute atomic E-state index is 0.118. The van der Waals surface area contributed by atoms with E-state index in [-0.39, 0.29) is 12.5 Å². The van der Waals surface area contributed by atoms with Gasteiger partial charge in [-0.05, 0) is 18.2 Å². The maximum Gasteiger partial charge on any atom is 0.250 e. The molecular weight excluding hydrogens is 290 g/mol. The number of hydrogen-bond donors (Lipinski definition) is 1. The first kappa shape index (κ1) is 15.1. The Kier molecular flexibility index (Phi) is 4.28. The van der Waals surface area contributed by atoms with Gasteiger partial charge in [0, 0.05) is 38.0 Å². The number of fused-ring (bicyclic) bond motifs is 1. The van der Waals surface area contributed by atoms with Crippen LogP contribution in [0.4, 0.5) is 5.82 Å². The van der Waals surface area contributed by atoms with Crippen LogP contribution in [-0.2, 0) is 11.3 Å². The highest BCUT2D eigenvalue weighted by Crippen LogP contribution is 2.25. The Balaban J connectivity index is 1.71. The summed E-state index contributed by atoms with van der Waals surface area (Å²) in [4.78, 5) is 18.6. The van der Waals surface area contributed by atoms with Crippen LogP contribution in [0.25, 0.3) is 6.08 Å². The van der Waals surface area contributed by atoms with Gasteiger partial charge in [-0.25, -0.2) is 4.98 Å². The van der Waals surface area contributed by atoms with Crippen molar-refractivity contribution in [1.29, 1.82) is 0 Å². The molecule has 5 nitrogen and oxygen atoms in total. The van der Waals surface area contributed by atoms with Crippen molar-refractivity contribution in [2.45, 2.75) is 6.54 Å². The number of carbonyl (C=O) groups excluding carboxylic acids is 1. The smallest absolute Gasteiger partial charge is 0.250 e. The van der Waals surface area contributed by atoms with Gasteiger partial charge in [0.05, 0.1) is 5.57 Å². The number of nitrogens with one attached hydrogen (secondary N) is 1. The molecule has 0 bridgehead atoms. The van der Waals surface area contributed by atoms with E-state index in [9.17, 15) is 4.79 Å². The van der Waals surface area contributed by atoms with Crippen LogP contribution in [0.15, 0.2) is 48.2 Å². The molecule has 1 aliphatic rings. The van der Waals surface area contributed by atoms with Crippen LogP contribution in [0, 0.1) is 0 Å². The fourth-order valence-corrected chi connectivity index (χ4v) is 2.51. The number of benzene rings is 1. The fraction of sp³-hybridized carbons (Fsp3) is 0.222. The van der Waals surface area contributed by atoms with Crippen LogP contribution in [0.3, 0.4) is 0 Å². The van der Waals surface area contributed by atoms with E-state index in [1.807, 2.05) is 61.5 Å². The Morgan fingerprint density at radius 1 is 1.26 bits per heavy atom. The molecule has 0 radical (unpaired) electrons. The molecule has 118 valence electrons. The van der Waals surface area contributed by atoms with E-state index in [0.29, 0.717) is 12.1 Å². The molecule has 2 heterocycles. The molecule has 1 aromatic carbocycles. The molecule has 1 aliphatic heterocycles. The average Bonchev–Trinajstić information content (AvgIpc) is 2.59. The molecule has 1 N–H and O–H groups in total. The zero-order valence-electron chi connectivity index (χ0n) is 13.2. The molecular formula is C18H19N3O2. The fourth-order valence-electron chi connectivity index (χ4n) is 2.51. The van der Waals surface area contributed by atoms with Gasteiger partial charge in [0.2, 0.25) is 0 Å². The number of para-hydroxylation sites is 1. The highest BCUT2D eigenvalue weighted by atomic mass is 16.5. The number of amides is 1. The SMILES string of the molecule is CN(C)c1ncccc1CNC(=O)C1=Cc2ccccc2OC1. The normalized spacial score (nSPS) is 12.7. The molecule has 2 aromatic rings. The first-order valence-corrected chi connectivity index (χ1v) is 7.47. The average molecular weight is 309 g/mol. The first-order valence-electron chi connectivity index (χ1n) is 7.47. The molecule has 0 unspecified atom stereocenters. The summed E-state index contributed by atoms with van der Waals surface area (Å²) in [5, 5.41) is 2.94. The van der Waals surface area contributed by atoms with Crippen molar-refractivity contribution < 1.29 is 9.53 Å². The zero-order chi connectivity index (χ0) is 16.2. The highest BCUT2D eigenvalue weighted by molar-refractivity contribution is 5.99. The summed E-state index contributed by atoms with van der Waals surface area (Å²) in [6.07, 6.45) is 3.62. The zero-order valence-corrected chi connectivity index (χ0v) is 13.2. The van der Waals surface area contributed by atoms with Gasteiger partial charge in [0.15, 0.2) is 0 Å². The summed E-state index contributed by atoms with van der Waals surface area (Å²) < 4.78 is 5.62. The van der Waals surface area contributed by atoms with Gasteiger partial charge in [0.25, 0.3) is 5.91 Å². The second-order valence-electron chi connectivity index (χ2n) is 5.56. The van der Waals surface area contributed by atoms with E-state index in [2.05, 4.69) is 10.3 Å². The molecule has 0 saturated carbocycles. The summed E-state index contributed by atoms with van der Waals surface area (Å²) in [7, 11) is 3.87. The quantitative estimate of drug-likeness (QED) is 0.941. The molecule has 0 spiro atoms. The van der Waals surface area contributed by atoms with Gasteiger partial charge in [-0.15, -0.1) is 0 Å². The van der Waals surface area contributed by atoms with Crippen molar-refractivity contribution >= 4 is 17.8 Å². The maximum absolute atomic E-state index is 12.4. The van der Waals surface area contributed by atoms with Crippen LogP contribution in [-0.4, -0.2) is 31.6 Å². The molecule has 0 saturated heterocycles. The summed E-state index contributed by atoms with van der Waals surface area (Å²) in [5.41, 5.74) is 2.53. The monoisotopic (exact) mass is 309 g/mol. The van der Waals surface area contributed by atoms with Crippen molar-refractivity contribution in [3.8, 4) is 5.75 Å². The van der Waals surface area contributed by atoms with Crippen LogP contribution in [0.2, 0.25) is 0 Å². The Morgan fingerprint density at radius 2 is 2.09 bits per heavy atom. The lowest BCUT2D eigenvalue weighted by Crippen LogP contribution is -2.29. The van der Waals surface area contributed by atoms with Crippen molar-refractivity contribution in [1.82, 2.24) is 10.3 Å². The number of rotatable bonds is 4. The van der Waals surface area contributed by atoms with E-state index >= 15 is 0 Å². The third-order valence-corrected chi connectivity index (χ3v) is 3.65. The number of pyridine rings is 1. The molecule has 0 atom stereocenters. The molecule has 3 rings (SSSR count).